The Kier molecular flexibility index (Phi) is 7.29. The first-order valence-corrected chi connectivity index (χ1v) is 9.58. The zero-order valence-electron chi connectivity index (χ0n) is 16.6. The highest BCUT2D eigenvalue weighted by Crippen LogP contribution is 2.39. The fourth-order valence-electron chi connectivity index (χ4n) is 3.57. The molecule has 0 saturated heterocycles. The van der Waals surface area contributed by atoms with Crippen LogP contribution in [0.3, 0.4) is 0 Å². The summed E-state index contributed by atoms with van der Waals surface area (Å²) >= 11 is 0. The van der Waals surface area contributed by atoms with Gasteiger partial charge in [-0.2, -0.15) is 13.2 Å². The van der Waals surface area contributed by atoms with E-state index in [0.29, 0.717) is 30.6 Å². The van der Waals surface area contributed by atoms with Crippen molar-refractivity contribution in [3.8, 4) is 0 Å². The number of hydrogen-bond donors (Lipinski definition) is 3. The second-order valence-electron chi connectivity index (χ2n) is 7.00. The molecule has 1 heterocycles. The van der Waals surface area contributed by atoms with E-state index in [9.17, 15) is 22.8 Å². The largest absolute Gasteiger partial charge is 0.450 e. The Labute approximate surface area is 167 Å². The monoisotopic (exact) mass is 414 g/mol. The summed E-state index contributed by atoms with van der Waals surface area (Å²) in [4.78, 5) is 24.9. The van der Waals surface area contributed by atoms with E-state index in [2.05, 4.69) is 16.4 Å². The van der Waals surface area contributed by atoms with Crippen LogP contribution in [0.2, 0.25) is 0 Å². The minimum Gasteiger partial charge on any atom is -0.450 e. The predicted molar refractivity (Wildman–Crippen MR) is 102 cm³/mol. The minimum atomic E-state index is -4.42. The molecular formula is C20H27F3N3O3+. The van der Waals surface area contributed by atoms with Crippen molar-refractivity contribution in [2.75, 3.05) is 25.0 Å². The molecule has 5 N–H and O–H groups in total. The lowest BCUT2D eigenvalue weighted by Crippen LogP contribution is -2.54. The maximum absolute atomic E-state index is 12.8. The van der Waals surface area contributed by atoms with Crippen molar-refractivity contribution in [3.63, 3.8) is 0 Å². The van der Waals surface area contributed by atoms with Gasteiger partial charge in [0, 0.05) is 30.8 Å². The number of benzene rings is 1. The highest BCUT2D eigenvalue weighted by molar-refractivity contribution is 6.07. The van der Waals surface area contributed by atoms with E-state index < -0.39 is 29.2 Å². The first-order chi connectivity index (χ1) is 13.6. The molecule has 0 saturated carbocycles. The molecule has 29 heavy (non-hydrogen) atoms. The number of anilines is 1. The van der Waals surface area contributed by atoms with E-state index in [1.54, 1.807) is 6.92 Å². The van der Waals surface area contributed by atoms with Crippen molar-refractivity contribution in [2.24, 2.45) is 0 Å². The van der Waals surface area contributed by atoms with E-state index in [0.717, 1.165) is 18.6 Å². The number of nitrogens with one attached hydrogen (secondary N) is 2. The van der Waals surface area contributed by atoms with Crippen LogP contribution in [-0.2, 0) is 20.5 Å². The second-order valence-corrected chi connectivity index (χ2v) is 7.00. The average molecular weight is 414 g/mol. The van der Waals surface area contributed by atoms with Gasteiger partial charge in [0.05, 0.1) is 17.7 Å². The molecule has 0 aromatic heterocycles. The first kappa shape index (κ1) is 22.7. The topological polar surface area (TPSA) is 95.1 Å². The van der Waals surface area contributed by atoms with Crippen molar-refractivity contribution in [1.29, 1.82) is 0 Å². The predicted octanol–water partition coefficient (Wildman–Crippen LogP) is 2.28. The molecule has 1 aromatic carbocycles. The summed E-state index contributed by atoms with van der Waals surface area (Å²) in [5.74, 6) is -0.903. The minimum absolute atomic E-state index is 0.173. The summed E-state index contributed by atoms with van der Waals surface area (Å²) in [6.07, 6.45) is -2.71. The van der Waals surface area contributed by atoms with Gasteiger partial charge in [-0.1, -0.05) is 19.4 Å². The summed E-state index contributed by atoms with van der Waals surface area (Å²) in [6.45, 7) is 4.42. The summed E-state index contributed by atoms with van der Waals surface area (Å²) < 4.78 is 43.9. The van der Waals surface area contributed by atoms with Gasteiger partial charge in [-0.15, -0.1) is 0 Å². The quantitative estimate of drug-likeness (QED) is 0.427. The maximum atomic E-state index is 12.8. The summed E-state index contributed by atoms with van der Waals surface area (Å²) in [5, 5.41) is 5.58. The van der Waals surface area contributed by atoms with Gasteiger partial charge in [0.25, 0.3) is 5.91 Å². The second kappa shape index (κ2) is 9.30. The third-order valence-electron chi connectivity index (χ3n) is 4.82. The molecule has 1 aliphatic heterocycles. The molecule has 160 valence electrons. The Morgan fingerprint density at radius 2 is 1.97 bits per heavy atom. The molecule has 1 aromatic rings. The molecule has 1 unspecified atom stereocenters. The molecule has 0 aliphatic carbocycles. The Hall–Kier alpha value is -2.55. The first-order valence-electron chi connectivity index (χ1n) is 9.58. The number of cyclic esters (lactones) is 1. The van der Waals surface area contributed by atoms with Gasteiger partial charge in [-0.3, -0.25) is 4.79 Å². The van der Waals surface area contributed by atoms with Gasteiger partial charge in [0.15, 0.2) is 0 Å². The molecule has 0 bridgehead atoms. The summed E-state index contributed by atoms with van der Waals surface area (Å²) in [6, 6.07) is 4.85. The summed E-state index contributed by atoms with van der Waals surface area (Å²) in [7, 11) is 0. The highest BCUT2D eigenvalue weighted by atomic mass is 19.4. The van der Waals surface area contributed by atoms with Crippen molar-refractivity contribution >= 4 is 17.6 Å². The molecular weight excluding hydrogens is 387 g/mol. The Bertz CT molecular complexity index is 785. The van der Waals surface area contributed by atoms with Crippen LogP contribution in [0.25, 0.3) is 0 Å². The SMILES string of the molecule is CCCC1(CC[NH3+])OC(=O)C(C)=C1C(=O)NCCNc1cccc(C(F)(F)F)c1. The van der Waals surface area contributed by atoms with Crippen LogP contribution in [0.4, 0.5) is 18.9 Å². The van der Waals surface area contributed by atoms with Crippen LogP contribution >= 0.6 is 0 Å². The normalized spacial score (nSPS) is 19.3. The van der Waals surface area contributed by atoms with Crippen LogP contribution in [0.15, 0.2) is 35.4 Å². The molecule has 2 rings (SSSR count). The van der Waals surface area contributed by atoms with E-state index >= 15 is 0 Å². The third kappa shape index (κ3) is 5.29. The van der Waals surface area contributed by atoms with Gasteiger partial charge < -0.3 is 21.1 Å². The standard InChI is InChI=1S/C20H26F3N3O3/c1-3-7-19(8-9-24)16(13(2)18(28)29-19)17(27)26-11-10-25-15-6-4-5-14(12-15)20(21,22)23/h4-6,12,25H,3,7-11,24H2,1-2H3,(H,26,27)/p+1. The molecule has 0 spiro atoms. The lowest BCUT2D eigenvalue weighted by Gasteiger charge is -2.29. The Morgan fingerprint density at radius 1 is 1.24 bits per heavy atom. The lowest BCUT2D eigenvalue weighted by atomic mass is 9.84. The van der Waals surface area contributed by atoms with Gasteiger partial charge >= 0.3 is 12.1 Å². The highest BCUT2D eigenvalue weighted by Gasteiger charge is 2.48. The summed E-state index contributed by atoms with van der Waals surface area (Å²) in [5.41, 5.74) is 3.03. The molecule has 0 fully saturated rings. The Morgan fingerprint density at radius 3 is 2.59 bits per heavy atom. The van der Waals surface area contributed by atoms with Crippen molar-refractivity contribution in [1.82, 2.24) is 5.32 Å². The van der Waals surface area contributed by atoms with Gasteiger partial charge in [0.1, 0.15) is 5.60 Å². The number of alkyl halides is 3. The molecule has 1 amide bonds. The van der Waals surface area contributed by atoms with Crippen LogP contribution < -0.4 is 16.4 Å². The number of halogens is 3. The number of esters is 1. The smallest absolute Gasteiger partial charge is 0.416 e. The van der Waals surface area contributed by atoms with Crippen LogP contribution in [-0.4, -0.2) is 37.1 Å². The van der Waals surface area contributed by atoms with Crippen molar-refractivity contribution in [2.45, 2.75) is 44.9 Å². The fourth-order valence-corrected chi connectivity index (χ4v) is 3.57. The van der Waals surface area contributed by atoms with E-state index in [1.165, 1.54) is 12.1 Å². The van der Waals surface area contributed by atoms with Gasteiger partial charge in [0.2, 0.25) is 0 Å². The van der Waals surface area contributed by atoms with E-state index in [-0.39, 0.29) is 18.7 Å². The third-order valence-corrected chi connectivity index (χ3v) is 4.82. The zero-order valence-corrected chi connectivity index (χ0v) is 16.6. The number of carbonyl (C=O) groups is 2. The van der Waals surface area contributed by atoms with Crippen LogP contribution in [0.1, 0.15) is 38.7 Å². The van der Waals surface area contributed by atoms with Crippen LogP contribution in [0, 0.1) is 0 Å². The van der Waals surface area contributed by atoms with E-state index in [1.807, 2.05) is 6.92 Å². The fraction of sp³-hybridized carbons (Fsp3) is 0.500. The average Bonchev–Trinajstić information content (AvgIpc) is 2.89. The lowest BCUT2D eigenvalue weighted by molar-refractivity contribution is -0.373. The zero-order chi connectivity index (χ0) is 21.7. The maximum Gasteiger partial charge on any atom is 0.416 e. The van der Waals surface area contributed by atoms with Crippen LogP contribution in [0.5, 0.6) is 0 Å². The molecule has 6 nitrogen and oxygen atoms in total. The number of rotatable bonds is 9. The van der Waals surface area contributed by atoms with Gasteiger partial charge in [-0.25, -0.2) is 4.79 Å². The van der Waals surface area contributed by atoms with Crippen molar-refractivity contribution < 1.29 is 33.2 Å². The number of amides is 1. The number of ether oxygens (including phenoxy) is 1. The molecule has 9 heteroatoms. The van der Waals surface area contributed by atoms with Gasteiger partial charge in [-0.05, 0) is 31.5 Å². The number of carbonyl (C=O) groups excluding carboxylic acids is 2. The molecule has 1 aliphatic rings. The molecule has 1 atom stereocenters. The Balaban J connectivity index is 2.00. The molecule has 0 radical (unpaired) electrons. The number of hydrogen-bond acceptors (Lipinski definition) is 4. The number of quaternary nitrogens is 1. The van der Waals surface area contributed by atoms with E-state index in [4.69, 9.17) is 4.74 Å². The van der Waals surface area contributed by atoms with Crippen molar-refractivity contribution in [3.05, 3.63) is 41.0 Å².